The summed E-state index contributed by atoms with van der Waals surface area (Å²) in [5.41, 5.74) is 10.9. The zero-order valence-corrected chi connectivity index (χ0v) is 12.4. The minimum absolute atomic E-state index is 0.0293. The van der Waals surface area contributed by atoms with Crippen molar-refractivity contribution >= 4 is 0 Å². The van der Waals surface area contributed by atoms with Crippen molar-refractivity contribution in [3.8, 4) is 0 Å². The molecule has 5 heteroatoms. The maximum Gasteiger partial charge on any atom is 0.0952 e. The van der Waals surface area contributed by atoms with Gasteiger partial charge in [0.05, 0.1) is 17.9 Å². The molecular weight excluding hydrogens is 238 g/mol. The second-order valence-corrected chi connectivity index (χ2v) is 5.20. The first kappa shape index (κ1) is 13.8. The number of aromatic nitrogens is 4. The van der Waals surface area contributed by atoms with Crippen LogP contribution < -0.4 is 5.73 Å². The number of nitrogens with zero attached hydrogens (tertiary/aromatic N) is 4. The fourth-order valence-corrected chi connectivity index (χ4v) is 2.40. The van der Waals surface area contributed by atoms with Crippen LogP contribution in [0.2, 0.25) is 0 Å². The van der Waals surface area contributed by atoms with Crippen LogP contribution in [0.1, 0.15) is 41.9 Å². The summed E-state index contributed by atoms with van der Waals surface area (Å²) in [6.07, 6.45) is 4.80. The Morgan fingerprint density at radius 1 is 1.32 bits per heavy atom. The molecule has 2 rings (SSSR count). The van der Waals surface area contributed by atoms with Gasteiger partial charge in [-0.05, 0) is 32.8 Å². The zero-order chi connectivity index (χ0) is 14.2. The van der Waals surface area contributed by atoms with Crippen molar-refractivity contribution in [2.24, 2.45) is 12.8 Å². The molecule has 0 aliphatic carbocycles. The third-order valence-corrected chi connectivity index (χ3v) is 3.89. The van der Waals surface area contributed by atoms with Crippen molar-refractivity contribution in [2.45, 2.75) is 46.2 Å². The third-order valence-electron chi connectivity index (χ3n) is 3.89. The van der Waals surface area contributed by atoms with Crippen LogP contribution >= 0.6 is 0 Å². The van der Waals surface area contributed by atoms with Gasteiger partial charge in [-0.15, -0.1) is 0 Å². The minimum atomic E-state index is 0.0293. The smallest absolute Gasteiger partial charge is 0.0952 e. The number of rotatable bonds is 4. The van der Waals surface area contributed by atoms with E-state index in [0.717, 1.165) is 17.7 Å². The topological polar surface area (TPSA) is 61.7 Å². The van der Waals surface area contributed by atoms with Crippen molar-refractivity contribution in [1.29, 1.82) is 0 Å². The second kappa shape index (κ2) is 5.17. The van der Waals surface area contributed by atoms with Crippen LogP contribution in [-0.2, 0) is 7.05 Å². The van der Waals surface area contributed by atoms with Gasteiger partial charge in [-0.3, -0.25) is 9.36 Å². The molecule has 0 bridgehead atoms. The molecule has 2 heterocycles. The summed E-state index contributed by atoms with van der Waals surface area (Å²) >= 11 is 0. The van der Waals surface area contributed by atoms with Crippen molar-refractivity contribution in [3.63, 3.8) is 0 Å². The molecule has 5 nitrogen and oxygen atoms in total. The number of aryl methyl sites for hydroxylation is 2. The molecule has 0 saturated carbocycles. The average molecular weight is 261 g/mol. The van der Waals surface area contributed by atoms with E-state index in [4.69, 9.17) is 5.73 Å². The Morgan fingerprint density at radius 3 is 2.42 bits per heavy atom. The highest BCUT2D eigenvalue weighted by atomic mass is 15.3. The average Bonchev–Trinajstić information content (AvgIpc) is 2.90. The predicted molar refractivity (Wildman–Crippen MR) is 76.1 cm³/mol. The summed E-state index contributed by atoms with van der Waals surface area (Å²) in [5.74, 6) is 0. The Bertz CT molecular complexity index is 566. The zero-order valence-electron chi connectivity index (χ0n) is 12.4. The molecule has 104 valence electrons. The summed E-state index contributed by atoms with van der Waals surface area (Å²) in [6.45, 7) is 8.34. The maximum atomic E-state index is 6.32. The fraction of sp³-hybridized carbons (Fsp3) is 0.571. The lowest BCUT2D eigenvalue weighted by Crippen LogP contribution is -2.33. The van der Waals surface area contributed by atoms with Crippen LogP contribution in [0.5, 0.6) is 0 Å². The molecule has 0 spiro atoms. The van der Waals surface area contributed by atoms with E-state index >= 15 is 0 Å². The quantitative estimate of drug-likeness (QED) is 0.914. The summed E-state index contributed by atoms with van der Waals surface area (Å²) in [4.78, 5) is 0. The highest BCUT2D eigenvalue weighted by molar-refractivity contribution is 5.26. The van der Waals surface area contributed by atoms with Gasteiger partial charge in [0.25, 0.3) is 0 Å². The predicted octanol–water partition coefficient (Wildman–Crippen LogP) is 1.87. The van der Waals surface area contributed by atoms with Crippen molar-refractivity contribution in [3.05, 3.63) is 34.9 Å². The van der Waals surface area contributed by atoms with E-state index in [-0.39, 0.29) is 12.1 Å². The molecule has 2 unspecified atom stereocenters. The van der Waals surface area contributed by atoms with Crippen molar-refractivity contribution in [1.82, 2.24) is 19.6 Å². The molecule has 0 saturated heterocycles. The van der Waals surface area contributed by atoms with E-state index in [0.29, 0.717) is 0 Å². The van der Waals surface area contributed by atoms with E-state index in [1.54, 1.807) is 0 Å². The normalized spacial score (nSPS) is 14.6. The number of hydrogen-bond acceptors (Lipinski definition) is 3. The van der Waals surface area contributed by atoms with Gasteiger partial charge in [-0.2, -0.15) is 10.2 Å². The standard InChI is InChI=1S/C14H23N5/c1-6-13(15)14(12-7-16-18(5)8-12)19-11(4)9(2)10(3)17-19/h7-8,13-14H,6,15H2,1-5H3. The monoisotopic (exact) mass is 261 g/mol. The molecule has 0 radical (unpaired) electrons. The molecule has 2 aromatic rings. The third kappa shape index (κ3) is 2.42. The van der Waals surface area contributed by atoms with Gasteiger partial charge in [0.15, 0.2) is 0 Å². The van der Waals surface area contributed by atoms with Gasteiger partial charge in [-0.1, -0.05) is 6.92 Å². The van der Waals surface area contributed by atoms with Crippen LogP contribution in [0.3, 0.4) is 0 Å². The van der Waals surface area contributed by atoms with Crippen molar-refractivity contribution < 1.29 is 0 Å². The van der Waals surface area contributed by atoms with Crippen molar-refractivity contribution in [2.75, 3.05) is 0 Å². The molecule has 2 atom stereocenters. The Kier molecular flexibility index (Phi) is 3.75. The van der Waals surface area contributed by atoms with E-state index in [1.165, 1.54) is 11.3 Å². The van der Waals surface area contributed by atoms with E-state index in [1.807, 2.05) is 31.0 Å². The van der Waals surface area contributed by atoms with Crippen LogP contribution in [0.4, 0.5) is 0 Å². The first-order valence-corrected chi connectivity index (χ1v) is 6.72. The molecule has 0 amide bonds. The summed E-state index contributed by atoms with van der Waals surface area (Å²) in [5, 5.41) is 8.92. The van der Waals surface area contributed by atoms with Gasteiger partial charge in [0, 0.05) is 30.5 Å². The van der Waals surface area contributed by atoms with Gasteiger partial charge < -0.3 is 5.73 Å². The van der Waals surface area contributed by atoms with E-state index < -0.39 is 0 Å². The molecular formula is C14H23N5. The molecule has 0 aliphatic heterocycles. The summed E-state index contributed by atoms with van der Waals surface area (Å²) in [6, 6.07) is 0.0766. The Morgan fingerprint density at radius 2 is 2.00 bits per heavy atom. The molecule has 19 heavy (non-hydrogen) atoms. The lowest BCUT2D eigenvalue weighted by molar-refractivity contribution is 0.415. The largest absolute Gasteiger partial charge is 0.326 e. The summed E-state index contributed by atoms with van der Waals surface area (Å²) in [7, 11) is 1.92. The lowest BCUT2D eigenvalue weighted by Gasteiger charge is -2.24. The summed E-state index contributed by atoms with van der Waals surface area (Å²) < 4.78 is 3.86. The fourth-order valence-electron chi connectivity index (χ4n) is 2.40. The lowest BCUT2D eigenvalue weighted by atomic mass is 10.0. The SMILES string of the molecule is CCC(N)C(c1cnn(C)c1)n1nc(C)c(C)c1C. The second-order valence-electron chi connectivity index (χ2n) is 5.20. The van der Waals surface area contributed by atoms with Gasteiger partial charge >= 0.3 is 0 Å². The molecule has 2 aromatic heterocycles. The Balaban J connectivity index is 2.52. The van der Waals surface area contributed by atoms with Gasteiger partial charge in [-0.25, -0.2) is 0 Å². The van der Waals surface area contributed by atoms with Crippen LogP contribution in [0.25, 0.3) is 0 Å². The van der Waals surface area contributed by atoms with Gasteiger partial charge in [0.2, 0.25) is 0 Å². The minimum Gasteiger partial charge on any atom is -0.326 e. The Labute approximate surface area is 114 Å². The number of hydrogen-bond donors (Lipinski definition) is 1. The number of nitrogens with two attached hydrogens (primary N) is 1. The molecule has 0 fully saturated rings. The molecule has 0 aliphatic rings. The highest BCUT2D eigenvalue weighted by Gasteiger charge is 2.25. The van der Waals surface area contributed by atoms with E-state index in [2.05, 4.69) is 35.7 Å². The van der Waals surface area contributed by atoms with Crippen LogP contribution in [0.15, 0.2) is 12.4 Å². The van der Waals surface area contributed by atoms with E-state index in [9.17, 15) is 0 Å². The van der Waals surface area contributed by atoms with Crippen LogP contribution in [-0.4, -0.2) is 25.6 Å². The van der Waals surface area contributed by atoms with Gasteiger partial charge in [0.1, 0.15) is 0 Å². The molecule has 0 aromatic carbocycles. The first-order valence-electron chi connectivity index (χ1n) is 6.72. The maximum absolute atomic E-state index is 6.32. The Hall–Kier alpha value is -1.62. The van der Waals surface area contributed by atoms with Crippen LogP contribution in [0, 0.1) is 20.8 Å². The highest BCUT2D eigenvalue weighted by Crippen LogP contribution is 2.25. The first-order chi connectivity index (χ1) is 8.95. The molecule has 2 N–H and O–H groups in total.